The molecule has 0 radical (unpaired) electrons. The number of aromatic nitrogens is 4. The van der Waals surface area contributed by atoms with E-state index in [4.69, 9.17) is 9.05 Å². The highest BCUT2D eigenvalue weighted by Gasteiger charge is 2.10. The molecule has 2 aromatic heterocycles. The Morgan fingerprint density at radius 2 is 1.81 bits per heavy atom. The van der Waals surface area contributed by atoms with Crippen LogP contribution in [0, 0.1) is 6.92 Å². The highest BCUT2D eigenvalue weighted by atomic mass is 79.9. The van der Waals surface area contributed by atoms with Crippen molar-refractivity contribution in [3.63, 3.8) is 0 Å². The van der Waals surface area contributed by atoms with Crippen LogP contribution in [0.3, 0.4) is 0 Å². The van der Waals surface area contributed by atoms with Gasteiger partial charge in [0.15, 0.2) is 11.6 Å². The maximum Gasteiger partial charge on any atom is 0.227 e. The van der Waals surface area contributed by atoms with E-state index in [1.54, 1.807) is 6.92 Å². The van der Waals surface area contributed by atoms with E-state index in [9.17, 15) is 0 Å². The Labute approximate surface area is 129 Å². The molecule has 108 valence electrons. The first-order valence-corrected chi connectivity index (χ1v) is 7.33. The van der Waals surface area contributed by atoms with E-state index in [1.165, 1.54) is 0 Å². The second-order valence-electron chi connectivity index (χ2n) is 4.65. The Balaban J connectivity index is 1.61. The number of rotatable bonds is 5. The van der Waals surface area contributed by atoms with E-state index in [0.29, 0.717) is 42.7 Å². The summed E-state index contributed by atoms with van der Waals surface area (Å²) >= 11 is 3.45. The molecule has 1 aromatic carbocycles. The number of nitrogens with zero attached hydrogens (tertiary/aromatic N) is 4. The maximum atomic E-state index is 5.23. The molecule has 0 aliphatic rings. The van der Waals surface area contributed by atoms with Gasteiger partial charge in [0.05, 0.1) is 0 Å². The number of benzene rings is 1. The van der Waals surface area contributed by atoms with Crippen LogP contribution in [-0.2, 0) is 19.3 Å². The quantitative estimate of drug-likeness (QED) is 0.705. The van der Waals surface area contributed by atoms with Crippen LogP contribution in [0.25, 0.3) is 0 Å². The van der Waals surface area contributed by atoms with Crippen LogP contribution in [0.5, 0.6) is 0 Å². The zero-order chi connectivity index (χ0) is 14.7. The third kappa shape index (κ3) is 3.75. The molecular weight excluding hydrogens is 336 g/mol. The second kappa shape index (κ2) is 6.17. The van der Waals surface area contributed by atoms with Crippen molar-refractivity contribution in [1.82, 2.24) is 20.3 Å². The number of aryl methyl sites for hydroxylation is 3. The van der Waals surface area contributed by atoms with Crippen LogP contribution in [0.1, 0.15) is 29.0 Å². The molecule has 0 amide bonds. The molecule has 0 saturated carbocycles. The smallest absolute Gasteiger partial charge is 0.227 e. The molecule has 3 aromatic rings. The van der Waals surface area contributed by atoms with Gasteiger partial charge in [-0.3, -0.25) is 0 Å². The first kappa shape index (κ1) is 13.9. The molecule has 3 rings (SSSR count). The van der Waals surface area contributed by atoms with Gasteiger partial charge in [0, 0.05) is 23.7 Å². The van der Waals surface area contributed by atoms with E-state index in [0.717, 1.165) is 10.0 Å². The van der Waals surface area contributed by atoms with Crippen molar-refractivity contribution >= 4 is 15.9 Å². The summed E-state index contributed by atoms with van der Waals surface area (Å²) in [4.78, 5) is 8.51. The average Bonchev–Trinajstić information content (AvgIpc) is 3.06. The normalized spacial score (nSPS) is 11.0. The molecule has 6 nitrogen and oxygen atoms in total. The first-order chi connectivity index (χ1) is 10.2. The fourth-order valence-electron chi connectivity index (χ4n) is 1.95. The Morgan fingerprint density at radius 1 is 1.05 bits per heavy atom. The predicted molar refractivity (Wildman–Crippen MR) is 77.7 cm³/mol. The lowest BCUT2D eigenvalue weighted by Gasteiger charge is -1.96. The van der Waals surface area contributed by atoms with Gasteiger partial charge in [-0.05, 0) is 24.6 Å². The molecule has 0 aliphatic carbocycles. The predicted octanol–water partition coefficient (Wildman–Crippen LogP) is 2.90. The molecule has 0 N–H and O–H groups in total. The molecule has 0 aliphatic heterocycles. The molecule has 0 atom stereocenters. The lowest BCUT2D eigenvalue weighted by atomic mass is 10.1. The summed E-state index contributed by atoms with van der Waals surface area (Å²) in [7, 11) is 0. The maximum absolute atomic E-state index is 5.23. The van der Waals surface area contributed by atoms with Crippen LogP contribution in [0.4, 0.5) is 0 Å². The minimum Gasteiger partial charge on any atom is -0.339 e. The molecule has 0 bridgehead atoms. The molecule has 0 fully saturated rings. The van der Waals surface area contributed by atoms with Crippen LogP contribution >= 0.6 is 15.9 Å². The van der Waals surface area contributed by atoms with Gasteiger partial charge < -0.3 is 9.05 Å². The third-order valence-corrected chi connectivity index (χ3v) is 3.38. The topological polar surface area (TPSA) is 77.8 Å². The summed E-state index contributed by atoms with van der Waals surface area (Å²) in [6.07, 6.45) is 1.83. The lowest BCUT2D eigenvalue weighted by Crippen LogP contribution is -1.94. The third-order valence-electron chi connectivity index (χ3n) is 2.88. The molecule has 0 unspecified atom stereocenters. The minimum atomic E-state index is 0.579. The first-order valence-electron chi connectivity index (χ1n) is 6.54. The summed E-state index contributed by atoms with van der Waals surface area (Å²) in [5, 5.41) is 7.73. The SMILES string of the molecule is Cc1noc(CCc2nc(Cc3cccc(Br)c3)no2)n1. The van der Waals surface area contributed by atoms with Gasteiger partial charge in [-0.25, -0.2) is 0 Å². The summed E-state index contributed by atoms with van der Waals surface area (Å²) < 4.78 is 11.3. The summed E-state index contributed by atoms with van der Waals surface area (Å²) in [6, 6.07) is 8.04. The summed E-state index contributed by atoms with van der Waals surface area (Å²) in [5.74, 6) is 2.46. The Bertz CT molecular complexity index is 738. The number of hydrogen-bond donors (Lipinski definition) is 0. The summed E-state index contributed by atoms with van der Waals surface area (Å²) in [5.41, 5.74) is 1.13. The van der Waals surface area contributed by atoms with E-state index < -0.39 is 0 Å². The second-order valence-corrected chi connectivity index (χ2v) is 5.56. The van der Waals surface area contributed by atoms with Crippen molar-refractivity contribution in [2.75, 3.05) is 0 Å². The van der Waals surface area contributed by atoms with Crippen molar-refractivity contribution in [3.8, 4) is 0 Å². The van der Waals surface area contributed by atoms with E-state index in [-0.39, 0.29) is 0 Å². The van der Waals surface area contributed by atoms with Crippen molar-refractivity contribution in [2.45, 2.75) is 26.2 Å². The van der Waals surface area contributed by atoms with Gasteiger partial charge in [0.1, 0.15) is 0 Å². The molecule has 7 heteroatoms. The van der Waals surface area contributed by atoms with Crippen LogP contribution < -0.4 is 0 Å². The zero-order valence-electron chi connectivity index (χ0n) is 11.4. The van der Waals surface area contributed by atoms with Crippen LogP contribution in [-0.4, -0.2) is 20.3 Å². The van der Waals surface area contributed by atoms with Crippen molar-refractivity contribution in [3.05, 3.63) is 57.7 Å². The van der Waals surface area contributed by atoms with Gasteiger partial charge in [0.25, 0.3) is 0 Å². The number of halogens is 1. The molecule has 2 heterocycles. The van der Waals surface area contributed by atoms with E-state index in [2.05, 4.69) is 36.2 Å². The zero-order valence-corrected chi connectivity index (χ0v) is 13.0. The van der Waals surface area contributed by atoms with Crippen LogP contribution in [0.15, 0.2) is 37.8 Å². The van der Waals surface area contributed by atoms with Crippen molar-refractivity contribution < 1.29 is 9.05 Å². The van der Waals surface area contributed by atoms with Gasteiger partial charge in [0.2, 0.25) is 11.8 Å². The van der Waals surface area contributed by atoms with Crippen molar-refractivity contribution in [2.24, 2.45) is 0 Å². The van der Waals surface area contributed by atoms with Gasteiger partial charge >= 0.3 is 0 Å². The van der Waals surface area contributed by atoms with E-state index >= 15 is 0 Å². The van der Waals surface area contributed by atoms with Gasteiger partial charge in [-0.2, -0.15) is 9.97 Å². The molecular formula is C14H13BrN4O2. The highest BCUT2D eigenvalue weighted by molar-refractivity contribution is 9.10. The standard InChI is InChI=1S/C14H13BrN4O2/c1-9-16-13(20-18-9)5-6-14-17-12(19-21-14)8-10-3-2-4-11(15)7-10/h2-4,7H,5-6,8H2,1H3. The fraction of sp³-hybridized carbons (Fsp3) is 0.286. The monoisotopic (exact) mass is 348 g/mol. The Morgan fingerprint density at radius 3 is 2.52 bits per heavy atom. The molecule has 0 saturated heterocycles. The Hall–Kier alpha value is -2.02. The molecule has 21 heavy (non-hydrogen) atoms. The minimum absolute atomic E-state index is 0.579. The highest BCUT2D eigenvalue weighted by Crippen LogP contribution is 2.14. The Kier molecular flexibility index (Phi) is 4.10. The van der Waals surface area contributed by atoms with E-state index in [1.807, 2.05) is 24.3 Å². The van der Waals surface area contributed by atoms with Gasteiger partial charge in [-0.1, -0.05) is 38.4 Å². The number of hydrogen-bond acceptors (Lipinski definition) is 6. The fourth-order valence-corrected chi connectivity index (χ4v) is 2.40. The van der Waals surface area contributed by atoms with Crippen molar-refractivity contribution in [1.29, 1.82) is 0 Å². The largest absolute Gasteiger partial charge is 0.339 e. The molecule has 0 spiro atoms. The average molecular weight is 349 g/mol. The lowest BCUT2D eigenvalue weighted by molar-refractivity contribution is 0.350. The summed E-state index contributed by atoms with van der Waals surface area (Å²) in [6.45, 7) is 1.79. The van der Waals surface area contributed by atoms with Crippen LogP contribution in [0.2, 0.25) is 0 Å². The van der Waals surface area contributed by atoms with Gasteiger partial charge in [-0.15, -0.1) is 0 Å².